The van der Waals surface area contributed by atoms with Gasteiger partial charge in [-0.05, 0) is 50.1 Å². The molecule has 2 N–H and O–H groups in total. The van der Waals surface area contributed by atoms with Crippen molar-refractivity contribution in [3.05, 3.63) is 35.5 Å². The molecule has 1 aromatic carbocycles. The first-order valence-corrected chi connectivity index (χ1v) is 6.63. The van der Waals surface area contributed by atoms with E-state index in [4.69, 9.17) is 9.60 Å². The quantitative estimate of drug-likeness (QED) is 0.886. The number of H-pyrrole nitrogens is 1. The van der Waals surface area contributed by atoms with E-state index in [0.717, 1.165) is 11.1 Å². The van der Waals surface area contributed by atoms with Crippen molar-refractivity contribution < 1.29 is 19.1 Å². The number of nitrogens with zero attached hydrogens (tertiary/aromatic N) is 1. The van der Waals surface area contributed by atoms with E-state index in [1.807, 2.05) is 0 Å². The first-order valence-electron chi connectivity index (χ1n) is 10.1. The van der Waals surface area contributed by atoms with Crippen LogP contribution in [0.3, 0.4) is 0 Å². The van der Waals surface area contributed by atoms with Crippen molar-refractivity contribution in [3.8, 4) is 0 Å². The molecule has 1 atom stereocenters. The lowest BCUT2D eigenvalue weighted by molar-refractivity contribution is 0.177. The number of rotatable bonds is 5. The number of alkyl carbamates (subject to hydrolysis) is 1. The third-order valence-corrected chi connectivity index (χ3v) is 3.33. The van der Waals surface area contributed by atoms with Crippen LogP contribution < -0.4 is 5.32 Å². The SMILES string of the molecule is [2H]C1([2H])OC(=O)N[C@H]1C([2H])([2H])c1ccc2[nH]cc(CCN(C)C([2H])([2H])[2H])c2c1. The van der Waals surface area contributed by atoms with Crippen LogP contribution in [-0.2, 0) is 17.5 Å². The van der Waals surface area contributed by atoms with Crippen LogP contribution in [0.5, 0.6) is 0 Å². The lowest BCUT2D eigenvalue weighted by atomic mass is 10.0. The molecule has 112 valence electrons. The molecule has 0 spiro atoms. The lowest BCUT2D eigenvalue weighted by Crippen LogP contribution is -2.28. The Morgan fingerprint density at radius 1 is 1.62 bits per heavy atom. The predicted molar refractivity (Wildman–Crippen MR) is 82.5 cm³/mol. The third-order valence-electron chi connectivity index (χ3n) is 3.33. The molecule has 1 amide bonds. The first-order chi connectivity index (χ1) is 12.8. The monoisotopic (exact) mass is 294 g/mol. The Bertz CT molecular complexity index is 894. The van der Waals surface area contributed by atoms with E-state index in [2.05, 4.69) is 15.0 Å². The van der Waals surface area contributed by atoms with E-state index < -0.39 is 32.0 Å². The number of carbonyl (C=O) groups excluding carboxylic acids is 1. The van der Waals surface area contributed by atoms with Gasteiger partial charge in [-0.15, -0.1) is 0 Å². The average molecular weight is 294 g/mol. The molecule has 1 aromatic heterocycles. The minimum absolute atomic E-state index is 0.185. The molecule has 3 rings (SSSR count). The summed E-state index contributed by atoms with van der Waals surface area (Å²) < 4.78 is 59.1. The van der Waals surface area contributed by atoms with Gasteiger partial charge in [0.05, 0.1) is 8.78 Å². The largest absolute Gasteiger partial charge is 0.447 e. The maximum Gasteiger partial charge on any atom is 0.407 e. The van der Waals surface area contributed by atoms with E-state index in [1.54, 1.807) is 18.3 Å². The smallest absolute Gasteiger partial charge is 0.407 e. The highest BCUT2D eigenvalue weighted by atomic mass is 16.6. The highest BCUT2D eigenvalue weighted by molar-refractivity contribution is 5.84. The first kappa shape index (κ1) is 7.84. The summed E-state index contributed by atoms with van der Waals surface area (Å²) in [5.41, 5.74) is 1.75. The van der Waals surface area contributed by atoms with Crippen molar-refractivity contribution in [1.29, 1.82) is 0 Å². The van der Waals surface area contributed by atoms with Crippen LogP contribution >= 0.6 is 0 Å². The number of aromatic nitrogens is 1. The molecule has 0 aliphatic carbocycles. The van der Waals surface area contributed by atoms with Gasteiger partial charge in [-0.2, -0.15) is 0 Å². The number of aromatic amines is 1. The van der Waals surface area contributed by atoms with E-state index in [9.17, 15) is 4.79 Å². The summed E-state index contributed by atoms with van der Waals surface area (Å²) in [6, 6.07) is 3.29. The van der Waals surface area contributed by atoms with Gasteiger partial charge in [-0.3, -0.25) is 0 Å². The van der Waals surface area contributed by atoms with Crippen LogP contribution in [0, 0.1) is 0 Å². The van der Waals surface area contributed by atoms with Gasteiger partial charge in [0, 0.05) is 30.5 Å². The summed E-state index contributed by atoms with van der Waals surface area (Å²) in [4.78, 5) is 15.7. The minimum Gasteiger partial charge on any atom is -0.447 e. The molecule has 0 radical (unpaired) electrons. The van der Waals surface area contributed by atoms with Gasteiger partial charge in [0.25, 0.3) is 0 Å². The Labute approximate surface area is 134 Å². The Morgan fingerprint density at radius 2 is 2.52 bits per heavy atom. The molecule has 1 fully saturated rings. The topological polar surface area (TPSA) is 57.4 Å². The molecular formula is C16H21N3O2. The Morgan fingerprint density at radius 3 is 3.29 bits per heavy atom. The van der Waals surface area contributed by atoms with Gasteiger partial charge in [0.1, 0.15) is 6.56 Å². The second-order valence-corrected chi connectivity index (χ2v) is 4.97. The molecule has 5 heteroatoms. The van der Waals surface area contributed by atoms with Crippen LogP contribution in [0.2, 0.25) is 0 Å². The van der Waals surface area contributed by atoms with E-state index in [1.165, 1.54) is 18.0 Å². The maximum absolute atomic E-state index is 11.4. The summed E-state index contributed by atoms with van der Waals surface area (Å²) in [6.07, 6.45) is -1.05. The van der Waals surface area contributed by atoms with Gasteiger partial charge in [-0.25, -0.2) is 4.79 Å². The highest BCUT2D eigenvalue weighted by Gasteiger charge is 2.22. The lowest BCUT2D eigenvalue weighted by Gasteiger charge is -2.09. The summed E-state index contributed by atoms with van der Waals surface area (Å²) in [5.74, 6) is 0. The van der Waals surface area contributed by atoms with Crippen LogP contribution in [0.15, 0.2) is 24.4 Å². The van der Waals surface area contributed by atoms with Crippen molar-refractivity contribution in [2.24, 2.45) is 0 Å². The molecule has 2 heterocycles. The number of hydrogen-bond acceptors (Lipinski definition) is 3. The number of fused-ring (bicyclic) bond motifs is 1. The second-order valence-electron chi connectivity index (χ2n) is 4.97. The Kier molecular flexibility index (Phi) is 2.16. The zero-order valence-electron chi connectivity index (χ0n) is 18.6. The predicted octanol–water partition coefficient (Wildman–Crippen LogP) is 1.92. The Hall–Kier alpha value is -2.01. The van der Waals surface area contributed by atoms with Gasteiger partial charge in [0.2, 0.25) is 0 Å². The summed E-state index contributed by atoms with van der Waals surface area (Å²) in [7, 11) is 1.51. The fraction of sp³-hybridized carbons (Fsp3) is 0.438. The molecule has 2 aromatic rings. The molecular weight excluding hydrogens is 266 g/mol. The molecule has 5 nitrogen and oxygen atoms in total. The summed E-state index contributed by atoms with van der Waals surface area (Å²) in [6.45, 7) is -4.39. The number of hydrogen-bond donors (Lipinski definition) is 2. The zero-order chi connectivity index (χ0) is 20.9. The number of cyclic esters (lactones) is 1. The van der Waals surface area contributed by atoms with Crippen molar-refractivity contribution in [1.82, 2.24) is 15.2 Å². The Balaban J connectivity index is 1.90. The van der Waals surface area contributed by atoms with Crippen LogP contribution in [0.1, 0.15) is 20.7 Å². The second kappa shape index (κ2) is 5.77. The number of benzene rings is 1. The molecule has 0 unspecified atom stereocenters. The zero-order valence-corrected chi connectivity index (χ0v) is 11.6. The molecule has 1 aliphatic heterocycles. The number of likely N-dealkylation sites (N-methyl/N-ethyl adjacent to an activating group) is 1. The third kappa shape index (κ3) is 3.19. The molecule has 1 aliphatic rings. The number of ether oxygens (including phenoxy) is 1. The van der Waals surface area contributed by atoms with Crippen molar-refractivity contribution in [2.75, 3.05) is 27.1 Å². The van der Waals surface area contributed by atoms with E-state index >= 15 is 0 Å². The summed E-state index contributed by atoms with van der Waals surface area (Å²) in [5, 5.41) is 2.92. The number of carbonyl (C=O) groups is 1. The van der Waals surface area contributed by atoms with Crippen LogP contribution in [-0.4, -0.2) is 49.1 Å². The van der Waals surface area contributed by atoms with Gasteiger partial charge >= 0.3 is 6.09 Å². The fourth-order valence-electron chi connectivity index (χ4n) is 2.28. The molecule has 0 bridgehead atoms. The van der Waals surface area contributed by atoms with Crippen molar-refractivity contribution in [3.63, 3.8) is 0 Å². The van der Waals surface area contributed by atoms with E-state index in [0.29, 0.717) is 11.8 Å². The van der Waals surface area contributed by atoms with E-state index in [-0.39, 0.29) is 12.1 Å². The van der Waals surface area contributed by atoms with Crippen molar-refractivity contribution >= 4 is 17.0 Å². The minimum atomic E-state index is -2.49. The molecule has 21 heavy (non-hydrogen) atoms. The fourth-order valence-corrected chi connectivity index (χ4v) is 2.28. The van der Waals surface area contributed by atoms with Crippen LogP contribution in [0.4, 0.5) is 4.79 Å². The highest BCUT2D eigenvalue weighted by Crippen LogP contribution is 2.21. The van der Waals surface area contributed by atoms with Crippen molar-refractivity contribution in [2.45, 2.75) is 18.8 Å². The molecule has 1 saturated heterocycles. The maximum atomic E-state index is 11.4. The van der Waals surface area contributed by atoms with Gasteiger partial charge in [0.15, 0.2) is 0 Å². The van der Waals surface area contributed by atoms with Crippen LogP contribution in [0.25, 0.3) is 10.9 Å². The summed E-state index contributed by atoms with van der Waals surface area (Å²) >= 11 is 0. The standard InChI is InChI=1S/C16H21N3O2/c1-19(2)6-5-12-9-17-15-4-3-11(8-14(12)15)7-13-10-21-16(20)18-13/h3-4,8-9,13,17H,5-7,10H2,1-2H3,(H,18,20)/t13-/m0/s1/i1D3,7D2,10D2. The molecule has 0 saturated carbocycles. The number of amides is 1. The number of nitrogens with one attached hydrogen (secondary N) is 2. The van der Waals surface area contributed by atoms with Gasteiger partial charge in [-0.1, -0.05) is 6.07 Å². The normalized spacial score (nSPS) is 26.9. The van der Waals surface area contributed by atoms with Gasteiger partial charge < -0.3 is 19.9 Å². The average Bonchev–Trinajstić information content (AvgIpc) is 3.10.